The first-order valence-corrected chi connectivity index (χ1v) is 9.86. The van der Waals surface area contributed by atoms with Crippen LogP contribution in [0.15, 0.2) is 35.5 Å². The molecular weight excluding hydrogens is 366 g/mol. The van der Waals surface area contributed by atoms with Crippen molar-refractivity contribution < 1.29 is 14.3 Å². The average Bonchev–Trinajstić information content (AvgIpc) is 3.00. The summed E-state index contributed by atoms with van der Waals surface area (Å²) in [5.41, 5.74) is 4.63. The summed E-state index contributed by atoms with van der Waals surface area (Å²) < 4.78 is 5.19. The van der Waals surface area contributed by atoms with E-state index in [0.29, 0.717) is 22.8 Å². The van der Waals surface area contributed by atoms with E-state index in [1.807, 2.05) is 17.0 Å². The van der Waals surface area contributed by atoms with Gasteiger partial charge >= 0.3 is 5.97 Å². The quantitative estimate of drug-likeness (QED) is 0.595. The summed E-state index contributed by atoms with van der Waals surface area (Å²) in [6.45, 7) is 2.35. The molecule has 1 fully saturated rings. The van der Waals surface area contributed by atoms with Crippen molar-refractivity contribution >= 4 is 29.2 Å². The van der Waals surface area contributed by atoms with Gasteiger partial charge in [0.2, 0.25) is 0 Å². The molecule has 0 saturated heterocycles. The van der Waals surface area contributed by atoms with Gasteiger partial charge in [-0.3, -0.25) is 15.2 Å². The molecule has 1 aliphatic carbocycles. The van der Waals surface area contributed by atoms with Gasteiger partial charge in [0, 0.05) is 18.1 Å². The molecule has 3 rings (SSSR count). The Morgan fingerprint density at radius 3 is 2.56 bits per heavy atom. The highest BCUT2D eigenvalue weighted by Crippen LogP contribution is 2.29. The number of carbonyl (C=O) groups excluding carboxylic acids is 2. The van der Waals surface area contributed by atoms with Crippen LogP contribution in [-0.4, -0.2) is 43.0 Å². The summed E-state index contributed by atoms with van der Waals surface area (Å²) >= 11 is 5.94. The van der Waals surface area contributed by atoms with Gasteiger partial charge in [0.05, 0.1) is 24.4 Å². The summed E-state index contributed by atoms with van der Waals surface area (Å²) in [5, 5.41) is 2.35. The van der Waals surface area contributed by atoms with Crippen molar-refractivity contribution in [3.63, 3.8) is 0 Å². The van der Waals surface area contributed by atoms with Gasteiger partial charge in [-0.2, -0.15) is 0 Å². The lowest BCUT2D eigenvalue weighted by molar-refractivity contribution is -0.138. The van der Waals surface area contributed by atoms with E-state index in [1.54, 1.807) is 31.1 Å². The number of halogens is 1. The average molecular weight is 392 g/mol. The molecule has 2 aliphatic rings. The van der Waals surface area contributed by atoms with Crippen LogP contribution in [0.5, 0.6) is 0 Å². The minimum Gasteiger partial charge on any atom is -0.463 e. The number of anilines is 1. The van der Waals surface area contributed by atoms with E-state index in [2.05, 4.69) is 5.43 Å². The zero-order valence-electron chi connectivity index (χ0n) is 15.8. The van der Waals surface area contributed by atoms with Crippen LogP contribution in [0.1, 0.15) is 39.0 Å². The summed E-state index contributed by atoms with van der Waals surface area (Å²) in [5.74, 6) is -0.568. The lowest BCUT2D eigenvalue weighted by Crippen LogP contribution is -2.43. The largest absolute Gasteiger partial charge is 0.463 e. The molecule has 0 spiro atoms. The maximum atomic E-state index is 13.1. The molecule has 1 N–H and O–H groups in total. The molecule has 1 aromatic rings. The SMILES string of the molecule is CCOC(=O)C1=C(NN(C)c2ccc(Cl)cc2)C(=O)N(C2CCCCC2)C1. The van der Waals surface area contributed by atoms with Crippen LogP contribution < -0.4 is 10.4 Å². The maximum Gasteiger partial charge on any atom is 0.338 e. The third kappa shape index (κ3) is 4.38. The fourth-order valence-corrected chi connectivity index (χ4v) is 3.80. The number of amides is 1. The molecule has 0 aromatic heterocycles. The molecule has 0 radical (unpaired) electrons. The number of hydrazine groups is 1. The fourth-order valence-electron chi connectivity index (χ4n) is 3.68. The Morgan fingerprint density at radius 1 is 1.26 bits per heavy atom. The number of carbonyl (C=O) groups is 2. The van der Waals surface area contributed by atoms with E-state index in [4.69, 9.17) is 16.3 Å². The van der Waals surface area contributed by atoms with Crippen LogP contribution in [0.3, 0.4) is 0 Å². The van der Waals surface area contributed by atoms with Crippen molar-refractivity contribution in [3.8, 4) is 0 Å². The molecule has 1 saturated carbocycles. The number of hydrogen-bond acceptors (Lipinski definition) is 5. The Balaban J connectivity index is 1.82. The molecule has 0 atom stereocenters. The standard InChI is InChI=1S/C20H26ClN3O3/c1-3-27-20(26)17-13-24(16-7-5-4-6-8-16)19(25)18(17)22-23(2)15-11-9-14(21)10-12-15/h9-12,16,22H,3-8,13H2,1-2H3. The molecule has 6 nitrogen and oxygen atoms in total. The number of benzene rings is 1. The molecule has 1 amide bonds. The second kappa shape index (κ2) is 8.65. The molecule has 1 aromatic carbocycles. The molecule has 27 heavy (non-hydrogen) atoms. The minimum atomic E-state index is -0.434. The first-order chi connectivity index (χ1) is 13.0. The van der Waals surface area contributed by atoms with E-state index in [0.717, 1.165) is 31.4 Å². The second-order valence-corrected chi connectivity index (χ2v) is 7.38. The summed E-state index contributed by atoms with van der Waals surface area (Å²) in [7, 11) is 1.80. The van der Waals surface area contributed by atoms with Crippen LogP contribution in [0.25, 0.3) is 0 Å². The van der Waals surface area contributed by atoms with Gasteiger partial charge in [-0.15, -0.1) is 0 Å². The lowest BCUT2D eigenvalue weighted by Gasteiger charge is -2.31. The lowest BCUT2D eigenvalue weighted by atomic mass is 9.94. The Labute approximate surface area is 165 Å². The van der Waals surface area contributed by atoms with Crippen molar-refractivity contribution in [2.24, 2.45) is 0 Å². The van der Waals surface area contributed by atoms with Gasteiger partial charge in [-0.1, -0.05) is 30.9 Å². The molecule has 0 bridgehead atoms. The van der Waals surface area contributed by atoms with Crippen LogP contribution in [0.4, 0.5) is 5.69 Å². The van der Waals surface area contributed by atoms with Gasteiger partial charge in [0.15, 0.2) is 0 Å². The molecule has 7 heteroatoms. The predicted molar refractivity (Wildman–Crippen MR) is 105 cm³/mol. The topological polar surface area (TPSA) is 61.9 Å². The van der Waals surface area contributed by atoms with E-state index < -0.39 is 5.97 Å². The highest BCUT2D eigenvalue weighted by Gasteiger charge is 2.39. The maximum absolute atomic E-state index is 13.1. The van der Waals surface area contributed by atoms with E-state index >= 15 is 0 Å². The Morgan fingerprint density at radius 2 is 1.93 bits per heavy atom. The van der Waals surface area contributed by atoms with Crippen LogP contribution >= 0.6 is 11.6 Å². The number of nitrogens with one attached hydrogen (secondary N) is 1. The Kier molecular flexibility index (Phi) is 6.26. The third-order valence-electron chi connectivity index (χ3n) is 5.14. The second-order valence-electron chi connectivity index (χ2n) is 6.95. The highest BCUT2D eigenvalue weighted by molar-refractivity contribution is 6.30. The summed E-state index contributed by atoms with van der Waals surface area (Å²) in [6.07, 6.45) is 5.43. The normalized spacial score (nSPS) is 18.0. The van der Waals surface area contributed by atoms with Crippen LogP contribution in [0, 0.1) is 0 Å². The van der Waals surface area contributed by atoms with Crippen LogP contribution in [0.2, 0.25) is 5.02 Å². The van der Waals surface area contributed by atoms with Gasteiger partial charge in [-0.05, 0) is 44.0 Å². The first-order valence-electron chi connectivity index (χ1n) is 9.48. The van der Waals surface area contributed by atoms with Crippen molar-refractivity contribution in [2.45, 2.75) is 45.1 Å². The number of ether oxygens (including phenoxy) is 1. The van der Waals surface area contributed by atoms with E-state index in [9.17, 15) is 9.59 Å². The smallest absolute Gasteiger partial charge is 0.338 e. The monoisotopic (exact) mass is 391 g/mol. The number of nitrogens with zero attached hydrogens (tertiary/aromatic N) is 2. The van der Waals surface area contributed by atoms with Gasteiger partial charge in [0.1, 0.15) is 5.70 Å². The third-order valence-corrected chi connectivity index (χ3v) is 5.39. The molecule has 1 aliphatic heterocycles. The van der Waals surface area contributed by atoms with Crippen molar-refractivity contribution in [2.75, 3.05) is 25.2 Å². The highest BCUT2D eigenvalue weighted by atomic mass is 35.5. The number of hydrogen-bond donors (Lipinski definition) is 1. The fraction of sp³-hybridized carbons (Fsp3) is 0.500. The predicted octanol–water partition coefficient (Wildman–Crippen LogP) is 3.27. The summed E-state index contributed by atoms with van der Waals surface area (Å²) in [4.78, 5) is 27.4. The number of rotatable bonds is 6. The van der Waals surface area contributed by atoms with E-state index in [1.165, 1.54) is 6.42 Å². The zero-order valence-corrected chi connectivity index (χ0v) is 16.6. The van der Waals surface area contributed by atoms with Gasteiger partial charge < -0.3 is 9.64 Å². The van der Waals surface area contributed by atoms with E-state index in [-0.39, 0.29) is 18.6 Å². The number of esters is 1. The molecular formula is C20H26ClN3O3. The van der Waals surface area contributed by atoms with Crippen molar-refractivity contribution in [3.05, 3.63) is 40.6 Å². The summed E-state index contributed by atoms with van der Waals surface area (Å²) in [6, 6.07) is 7.44. The van der Waals surface area contributed by atoms with Gasteiger partial charge in [-0.25, -0.2) is 4.79 Å². The minimum absolute atomic E-state index is 0.134. The van der Waals surface area contributed by atoms with Gasteiger partial charge in [0.25, 0.3) is 5.91 Å². The molecule has 1 heterocycles. The first kappa shape index (κ1) is 19.5. The molecule has 0 unspecified atom stereocenters. The Hall–Kier alpha value is -2.21. The van der Waals surface area contributed by atoms with Crippen LogP contribution in [-0.2, 0) is 14.3 Å². The molecule has 146 valence electrons. The van der Waals surface area contributed by atoms with Crippen molar-refractivity contribution in [1.82, 2.24) is 10.3 Å². The van der Waals surface area contributed by atoms with Crippen molar-refractivity contribution in [1.29, 1.82) is 0 Å². The zero-order chi connectivity index (χ0) is 19.4. The Bertz CT molecular complexity index is 726.